The van der Waals surface area contributed by atoms with Gasteiger partial charge in [-0.1, -0.05) is 29.5 Å². The maximum absolute atomic E-state index is 4.56. The van der Waals surface area contributed by atoms with Gasteiger partial charge in [-0.15, -0.1) is 0 Å². The Hall–Kier alpha value is -1.33. The van der Waals surface area contributed by atoms with E-state index in [1.807, 2.05) is 13.1 Å². The molecule has 2 heterocycles. The largest absolute Gasteiger partial charge is 0.365 e. The van der Waals surface area contributed by atoms with E-state index in [-0.39, 0.29) is 0 Å². The Morgan fingerprint density at radius 3 is 3.00 bits per heavy atom. The molecule has 0 amide bonds. The predicted octanol–water partition coefficient (Wildman–Crippen LogP) is 4.02. The molecule has 18 heavy (non-hydrogen) atoms. The lowest BCUT2D eigenvalue weighted by atomic mass is 10.1. The van der Waals surface area contributed by atoms with Gasteiger partial charge in [0.15, 0.2) is 5.13 Å². The average molecular weight is 322 g/mol. The summed E-state index contributed by atoms with van der Waals surface area (Å²) in [5, 5.41) is 5.28. The highest BCUT2D eigenvalue weighted by atomic mass is 79.9. The molecule has 0 saturated heterocycles. The summed E-state index contributed by atoms with van der Waals surface area (Å²) in [5.41, 5.74) is 3.53. The number of rotatable bonds is 3. The van der Waals surface area contributed by atoms with Gasteiger partial charge in [-0.2, -0.15) is 0 Å². The first-order valence-electron chi connectivity index (χ1n) is 5.66. The lowest BCUT2D eigenvalue weighted by Gasteiger charge is -1.97. The van der Waals surface area contributed by atoms with Crippen LogP contribution in [0, 0.1) is 0 Å². The maximum atomic E-state index is 4.56. The number of para-hydroxylation sites is 1. The number of aromatic amines is 1. The van der Waals surface area contributed by atoms with E-state index in [2.05, 4.69) is 55.6 Å². The highest BCUT2D eigenvalue weighted by molar-refractivity contribution is 9.11. The standard InChI is InChI=1S/C13H12BrN3S/c1-15-13-17-11(12(14)18-13)6-8-7-16-10-5-3-2-4-9(8)10/h2-5,7,16H,6H2,1H3,(H,15,17). The summed E-state index contributed by atoms with van der Waals surface area (Å²) >= 11 is 5.20. The predicted molar refractivity (Wildman–Crippen MR) is 80.5 cm³/mol. The van der Waals surface area contributed by atoms with Crippen molar-refractivity contribution in [1.82, 2.24) is 9.97 Å². The second kappa shape index (κ2) is 4.74. The number of aromatic nitrogens is 2. The molecule has 1 aromatic carbocycles. The van der Waals surface area contributed by atoms with E-state index in [1.54, 1.807) is 11.3 Å². The van der Waals surface area contributed by atoms with Crippen LogP contribution in [0.4, 0.5) is 5.13 Å². The van der Waals surface area contributed by atoms with Crippen LogP contribution in [0.5, 0.6) is 0 Å². The SMILES string of the molecule is CNc1nc(Cc2c[nH]c3ccccc23)c(Br)s1. The molecule has 0 saturated carbocycles. The van der Waals surface area contributed by atoms with Crippen molar-refractivity contribution in [1.29, 1.82) is 0 Å². The van der Waals surface area contributed by atoms with Crippen molar-refractivity contribution in [3.05, 3.63) is 45.5 Å². The third-order valence-corrected chi connectivity index (χ3v) is 4.74. The summed E-state index contributed by atoms with van der Waals surface area (Å²) in [6.07, 6.45) is 2.90. The quantitative estimate of drug-likeness (QED) is 0.765. The van der Waals surface area contributed by atoms with Crippen LogP contribution in [0.2, 0.25) is 0 Å². The summed E-state index contributed by atoms with van der Waals surface area (Å²) in [5.74, 6) is 0. The number of hydrogen-bond donors (Lipinski definition) is 2. The number of nitrogens with zero attached hydrogens (tertiary/aromatic N) is 1. The molecule has 2 aromatic heterocycles. The van der Waals surface area contributed by atoms with Crippen LogP contribution in [0.3, 0.4) is 0 Å². The fraction of sp³-hybridized carbons (Fsp3) is 0.154. The van der Waals surface area contributed by atoms with Gasteiger partial charge in [0.1, 0.15) is 0 Å². The second-order valence-electron chi connectivity index (χ2n) is 4.03. The first-order valence-corrected chi connectivity index (χ1v) is 7.27. The minimum atomic E-state index is 0.836. The molecule has 0 aliphatic rings. The highest BCUT2D eigenvalue weighted by Crippen LogP contribution is 2.31. The summed E-state index contributed by atoms with van der Waals surface area (Å²) in [6, 6.07) is 8.34. The van der Waals surface area contributed by atoms with Gasteiger partial charge in [-0.05, 0) is 27.6 Å². The number of benzene rings is 1. The Morgan fingerprint density at radius 2 is 2.22 bits per heavy atom. The Bertz CT molecular complexity index is 686. The molecule has 0 aliphatic carbocycles. The van der Waals surface area contributed by atoms with Crippen molar-refractivity contribution in [2.24, 2.45) is 0 Å². The van der Waals surface area contributed by atoms with Crippen molar-refractivity contribution >= 4 is 43.3 Å². The monoisotopic (exact) mass is 321 g/mol. The molecular formula is C13H12BrN3S. The Morgan fingerprint density at radius 1 is 1.39 bits per heavy atom. The number of thiazole rings is 1. The lowest BCUT2D eigenvalue weighted by Crippen LogP contribution is -1.90. The molecule has 0 fully saturated rings. The van der Waals surface area contributed by atoms with Gasteiger partial charge in [0.25, 0.3) is 0 Å². The molecule has 3 nitrogen and oxygen atoms in total. The molecule has 92 valence electrons. The Labute approximate surface area is 117 Å². The van der Waals surface area contributed by atoms with E-state index >= 15 is 0 Å². The number of nitrogens with one attached hydrogen (secondary N) is 2. The molecule has 2 N–H and O–H groups in total. The molecule has 0 bridgehead atoms. The molecule has 3 rings (SSSR count). The van der Waals surface area contributed by atoms with Crippen LogP contribution in [0.25, 0.3) is 10.9 Å². The van der Waals surface area contributed by atoms with Gasteiger partial charge in [-0.25, -0.2) is 4.98 Å². The second-order valence-corrected chi connectivity index (χ2v) is 6.34. The summed E-state index contributed by atoms with van der Waals surface area (Å²) < 4.78 is 1.09. The van der Waals surface area contributed by atoms with Gasteiger partial charge < -0.3 is 10.3 Å². The summed E-state index contributed by atoms with van der Waals surface area (Å²) in [6.45, 7) is 0. The van der Waals surface area contributed by atoms with Crippen LogP contribution in [0.15, 0.2) is 34.2 Å². The molecule has 3 aromatic rings. The van der Waals surface area contributed by atoms with Crippen LogP contribution >= 0.6 is 27.3 Å². The topological polar surface area (TPSA) is 40.7 Å². The van der Waals surface area contributed by atoms with Gasteiger partial charge >= 0.3 is 0 Å². The van der Waals surface area contributed by atoms with Crippen molar-refractivity contribution in [2.75, 3.05) is 12.4 Å². The van der Waals surface area contributed by atoms with Crippen molar-refractivity contribution in [2.45, 2.75) is 6.42 Å². The molecule has 0 unspecified atom stereocenters. The number of H-pyrrole nitrogens is 1. The van der Waals surface area contributed by atoms with Crippen LogP contribution < -0.4 is 5.32 Å². The zero-order valence-electron chi connectivity index (χ0n) is 9.83. The fourth-order valence-corrected chi connectivity index (χ4v) is 3.36. The first kappa shape index (κ1) is 11.7. The normalized spacial score (nSPS) is 11.0. The van der Waals surface area contributed by atoms with Gasteiger partial charge in [-0.3, -0.25) is 0 Å². The third kappa shape index (κ3) is 2.04. The summed E-state index contributed by atoms with van der Waals surface area (Å²) in [4.78, 5) is 7.85. The van der Waals surface area contributed by atoms with Crippen molar-refractivity contribution in [3.63, 3.8) is 0 Å². The van der Waals surface area contributed by atoms with Crippen LogP contribution in [-0.4, -0.2) is 17.0 Å². The molecule has 0 aliphatic heterocycles. The van der Waals surface area contributed by atoms with Crippen LogP contribution in [-0.2, 0) is 6.42 Å². The number of fused-ring (bicyclic) bond motifs is 1. The Balaban J connectivity index is 1.98. The molecule has 5 heteroatoms. The molecule has 0 atom stereocenters. The van der Waals surface area contributed by atoms with Crippen molar-refractivity contribution in [3.8, 4) is 0 Å². The number of hydrogen-bond acceptors (Lipinski definition) is 3. The fourth-order valence-electron chi connectivity index (χ4n) is 2.01. The van der Waals surface area contributed by atoms with E-state index < -0.39 is 0 Å². The highest BCUT2D eigenvalue weighted by Gasteiger charge is 2.11. The lowest BCUT2D eigenvalue weighted by molar-refractivity contribution is 1.10. The van der Waals surface area contributed by atoms with Gasteiger partial charge in [0.05, 0.1) is 9.48 Å². The van der Waals surface area contributed by atoms with E-state index in [1.165, 1.54) is 16.5 Å². The molecule has 0 spiro atoms. The van der Waals surface area contributed by atoms with E-state index in [9.17, 15) is 0 Å². The van der Waals surface area contributed by atoms with Crippen LogP contribution in [0.1, 0.15) is 11.3 Å². The van der Waals surface area contributed by atoms with E-state index in [0.717, 1.165) is 21.0 Å². The average Bonchev–Trinajstić information content (AvgIpc) is 2.95. The smallest absolute Gasteiger partial charge is 0.183 e. The van der Waals surface area contributed by atoms with Crippen molar-refractivity contribution < 1.29 is 0 Å². The Kier molecular flexibility index (Phi) is 3.09. The molecule has 0 radical (unpaired) electrons. The minimum absolute atomic E-state index is 0.836. The number of halogens is 1. The zero-order valence-corrected chi connectivity index (χ0v) is 12.2. The maximum Gasteiger partial charge on any atom is 0.183 e. The third-order valence-electron chi connectivity index (χ3n) is 2.90. The first-order chi connectivity index (χ1) is 8.78. The van der Waals surface area contributed by atoms with Gasteiger partial charge in [0.2, 0.25) is 0 Å². The van der Waals surface area contributed by atoms with E-state index in [0.29, 0.717) is 0 Å². The molecular weight excluding hydrogens is 310 g/mol. The minimum Gasteiger partial charge on any atom is -0.365 e. The number of anilines is 1. The van der Waals surface area contributed by atoms with E-state index in [4.69, 9.17) is 0 Å². The summed E-state index contributed by atoms with van der Waals surface area (Å²) in [7, 11) is 1.89. The van der Waals surface area contributed by atoms with Gasteiger partial charge in [0, 0.05) is 30.6 Å². The zero-order chi connectivity index (χ0) is 12.5.